The number of anilines is 1. The minimum atomic E-state index is -0.446. The summed E-state index contributed by atoms with van der Waals surface area (Å²) in [5, 5.41) is 12.5. The van der Waals surface area contributed by atoms with Gasteiger partial charge in [-0.1, -0.05) is 0 Å². The molecule has 24 heavy (non-hydrogen) atoms. The lowest BCUT2D eigenvalue weighted by molar-refractivity contribution is -0.146. The highest BCUT2D eigenvalue weighted by Crippen LogP contribution is 2.60. The van der Waals surface area contributed by atoms with Crippen LogP contribution in [0.25, 0.3) is 0 Å². The van der Waals surface area contributed by atoms with Crippen LogP contribution >= 0.6 is 0 Å². The number of hydrogen-bond donors (Lipinski definition) is 3. The molecule has 4 aliphatic rings. The fourth-order valence-electron chi connectivity index (χ4n) is 5.37. The Labute approximate surface area is 139 Å². The zero-order valence-corrected chi connectivity index (χ0v) is 13.6. The van der Waals surface area contributed by atoms with E-state index in [-0.39, 0.29) is 22.8 Å². The average molecular weight is 333 g/mol. The number of nitrogen functional groups attached to an aromatic ring is 1. The Bertz CT molecular complexity index is 621. The van der Waals surface area contributed by atoms with Gasteiger partial charge < -0.3 is 16.4 Å². The molecule has 4 saturated carbocycles. The highest BCUT2D eigenvalue weighted by molar-refractivity contribution is 5.96. The van der Waals surface area contributed by atoms with Crippen molar-refractivity contribution in [2.45, 2.75) is 38.5 Å². The molecule has 1 aromatic heterocycles. The lowest BCUT2D eigenvalue weighted by atomic mass is 9.49. The largest absolute Gasteiger partial charge is 0.379 e. The molecule has 0 aromatic carbocycles. The molecule has 4 fully saturated rings. The highest BCUT2D eigenvalue weighted by atomic mass is 16.6. The summed E-state index contributed by atoms with van der Waals surface area (Å²) in [4.78, 5) is 24.6. The first kappa shape index (κ1) is 15.4. The lowest BCUT2D eigenvalue weighted by Crippen LogP contribution is -2.54. The van der Waals surface area contributed by atoms with E-state index >= 15 is 0 Å². The van der Waals surface area contributed by atoms with Gasteiger partial charge in [0.25, 0.3) is 5.91 Å². The van der Waals surface area contributed by atoms with Crippen molar-refractivity contribution in [1.29, 1.82) is 0 Å². The van der Waals surface area contributed by atoms with Crippen LogP contribution in [0.5, 0.6) is 0 Å². The summed E-state index contributed by atoms with van der Waals surface area (Å²) < 4.78 is 4.39. The number of rotatable bonds is 5. The van der Waals surface area contributed by atoms with Crippen molar-refractivity contribution in [2.75, 3.05) is 18.8 Å². The van der Waals surface area contributed by atoms with E-state index < -0.39 is 5.91 Å². The Balaban J connectivity index is 1.27. The van der Waals surface area contributed by atoms with Gasteiger partial charge in [0.2, 0.25) is 17.4 Å². The number of aromatic nitrogens is 2. The Morgan fingerprint density at radius 2 is 1.62 bits per heavy atom. The molecule has 130 valence electrons. The van der Waals surface area contributed by atoms with Crippen molar-refractivity contribution in [3.8, 4) is 0 Å². The molecule has 2 amide bonds. The first-order chi connectivity index (χ1) is 11.6. The van der Waals surface area contributed by atoms with Crippen LogP contribution in [0.4, 0.5) is 5.82 Å². The standard InChI is InChI=1S/C16H23N5O3/c17-13-12(20-24-21-13)14(22)18-1-2-19-15(23)16-6-9-3-10(7-16)5-11(4-9)8-16/h9-11H,1-8H2,(H2,17,21)(H,18,22)(H,19,23). The fraction of sp³-hybridized carbons (Fsp3) is 0.750. The Kier molecular flexibility index (Phi) is 3.69. The van der Waals surface area contributed by atoms with Gasteiger partial charge >= 0.3 is 0 Å². The Morgan fingerprint density at radius 3 is 2.17 bits per heavy atom. The summed E-state index contributed by atoms with van der Waals surface area (Å²) in [6.07, 6.45) is 7.07. The Hall–Kier alpha value is -2.12. The van der Waals surface area contributed by atoms with Gasteiger partial charge in [-0.2, -0.15) is 0 Å². The smallest absolute Gasteiger partial charge is 0.277 e. The quantitative estimate of drug-likeness (QED) is 0.682. The molecule has 8 heteroatoms. The molecule has 0 unspecified atom stereocenters. The SMILES string of the molecule is Nc1nonc1C(=O)NCCNC(=O)C12CC3CC(CC(C3)C1)C2. The summed E-state index contributed by atoms with van der Waals surface area (Å²) in [5.74, 6) is 1.90. The van der Waals surface area contributed by atoms with Gasteiger partial charge in [-0.25, -0.2) is 4.63 Å². The maximum atomic E-state index is 12.7. The molecular formula is C16H23N5O3. The van der Waals surface area contributed by atoms with Gasteiger partial charge in [-0.15, -0.1) is 0 Å². The molecule has 4 aliphatic carbocycles. The number of nitrogens with zero attached hydrogens (tertiary/aromatic N) is 2. The number of carbonyl (C=O) groups is 2. The highest BCUT2D eigenvalue weighted by Gasteiger charge is 2.54. The second-order valence-electron chi connectivity index (χ2n) is 7.71. The predicted octanol–water partition coefficient (Wildman–Crippen LogP) is 0.714. The minimum absolute atomic E-state index is 0.0255. The molecule has 4 N–H and O–H groups in total. The van der Waals surface area contributed by atoms with Crippen LogP contribution in [0.2, 0.25) is 0 Å². The van der Waals surface area contributed by atoms with E-state index in [2.05, 4.69) is 25.6 Å². The second-order valence-corrected chi connectivity index (χ2v) is 7.71. The van der Waals surface area contributed by atoms with Crippen LogP contribution in [-0.2, 0) is 4.79 Å². The number of hydrogen-bond acceptors (Lipinski definition) is 6. The molecule has 1 heterocycles. The van der Waals surface area contributed by atoms with E-state index in [1.807, 2.05) is 0 Å². The molecular weight excluding hydrogens is 310 g/mol. The Morgan fingerprint density at radius 1 is 1.04 bits per heavy atom. The van der Waals surface area contributed by atoms with Crippen LogP contribution < -0.4 is 16.4 Å². The monoisotopic (exact) mass is 333 g/mol. The maximum absolute atomic E-state index is 12.7. The summed E-state index contributed by atoms with van der Waals surface area (Å²) in [6, 6.07) is 0. The zero-order valence-electron chi connectivity index (χ0n) is 13.6. The minimum Gasteiger partial charge on any atom is -0.379 e. The maximum Gasteiger partial charge on any atom is 0.277 e. The zero-order chi connectivity index (χ0) is 16.7. The topological polar surface area (TPSA) is 123 Å². The molecule has 1 aromatic rings. The number of nitrogens with two attached hydrogens (primary N) is 1. The van der Waals surface area contributed by atoms with Gasteiger partial charge in [0.15, 0.2) is 0 Å². The van der Waals surface area contributed by atoms with Crippen molar-refractivity contribution in [2.24, 2.45) is 23.2 Å². The van der Waals surface area contributed by atoms with Gasteiger partial charge in [0.05, 0.1) is 0 Å². The third-order valence-corrected chi connectivity index (χ3v) is 5.95. The molecule has 0 saturated heterocycles. The normalized spacial score (nSPS) is 33.4. The fourth-order valence-corrected chi connectivity index (χ4v) is 5.37. The van der Waals surface area contributed by atoms with E-state index in [0.717, 1.165) is 37.0 Å². The molecule has 0 spiro atoms. The van der Waals surface area contributed by atoms with E-state index in [9.17, 15) is 9.59 Å². The van der Waals surface area contributed by atoms with Crippen LogP contribution in [-0.4, -0.2) is 35.2 Å². The molecule has 4 bridgehead atoms. The summed E-state index contributed by atoms with van der Waals surface area (Å²) in [6.45, 7) is 0.723. The van der Waals surface area contributed by atoms with Crippen molar-refractivity contribution in [3.63, 3.8) is 0 Å². The lowest BCUT2D eigenvalue weighted by Gasteiger charge is -2.55. The van der Waals surface area contributed by atoms with E-state index in [4.69, 9.17) is 5.73 Å². The number of nitrogens with one attached hydrogen (secondary N) is 2. The van der Waals surface area contributed by atoms with E-state index in [1.54, 1.807) is 0 Å². The third-order valence-electron chi connectivity index (χ3n) is 5.95. The summed E-state index contributed by atoms with van der Waals surface area (Å²) in [7, 11) is 0. The first-order valence-electron chi connectivity index (χ1n) is 8.70. The molecule has 0 atom stereocenters. The van der Waals surface area contributed by atoms with Gasteiger partial charge in [0, 0.05) is 18.5 Å². The van der Waals surface area contributed by atoms with Crippen molar-refractivity contribution < 1.29 is 14.2 Å². The van der Waals surface area contributed by atoms with Crippen molar-refractivity contribution in [3.05, 3.63) is 5.69 Å². The van der Waals surface area contributed by atoms with Crippen LogP contribution in [0.15, 0.2) is 4.63 Å². The third kappa shape index (κ3) is 2.63. The van der Waals surface area contributed by atoms with E-state index in [1.165, 1.54) is 19.3 Å². The predicted molar refractivity (Wildman–Crippen MR) is 84.7 cm³/mol. The second kappa shape index (κ2) is 5.75. The van der Waals surface area contributed by atoms with Gasteiger partial charge in [-0.05, 0) is 66.6 Å². The molecule has 5 rings (SSSR count). The summed E-state index contributed by atoms with van der Waals surface area (Å²) in [5.41, 5.74) is 5.29. The van der Waals surface area contributed by atoms with Crippen LogP contribution in [0.3, 0.4) is 0 Å². The molecule has 0 radical (unpaired) electrons. The molecule has 0 aliphatic heterocycles. The van der Waals surface area contributed by atoms with Gasteiger partial charge in [-0.3, -0.25) is 9.59 Å². The first-order valence-corrected chi connectivity index (χ1v) is 8.70. The van der Waals surface area contributed by atoms with Gasteiger partial charge in [0.1, 0.15) is 0 Å². The molecule has 8 nitrogen and oxygen atoms in total. The van der Waals surface area contributed by atoms with Crippen LogP contribution in [0.1, 0.15) is 49.0 Å². The van der Waals surface area contributed by atoms with E-state index in [0.29, 0.717) is 13.1 Å². The number of amides is 2. The summed E-state index contributed by atoms with van der Waals surface area (Å²) >= 11 is 0. The number of carbonyl (C=O) groups excluding carboxylic acids is 2. The van der Waals surface area contributed by atoms with Crippen molar-refractivity contribution in [1.82, 2.24) is 20.9 Å². The van der Waals surface area contributed by atoms with Crippen molar-refractivity contribution >= 4 is 17.6 Å². The average Bonchev–Trinajstić information content (AvgIpc) is 2.96. The van der Waals surface area contributed by atoms with Crippen LogP contribution in [0, 0.1) is 23.2 Å².